The van der Waals surface area contributed by atoms with Gasteiger partial charge in [-0.3, -0.25) is 0 Å². The van der Waals surface area contributed by atoms with Crippen molar-refractivity contribution in [3.8, 4) is 11.8 Å². The van der Waals surface area contributed by atoms with Gasteiger partial charge in [-0.05, 0) is 36.4 Å². The number of hydrogen-bond donors (Lipinski definition) is 0. The Hall–Kier alpha value is -2.32. The summed E-state index contributed by atoms with van der Waals surface area (Å²) in [5.41, 5.74) is 0.444. The van der Waals surface area contributed by atoms with Crippen LogP contribution in [-0.2, 0) is 10.1 Å². The maximum Gasteiger partial charge on any atom is 0.339 e. The van der Waals surface area contributed by atoms with Crippen LogP contribution in [0.2, 0.25) is 0 Å². The first-order chi connectivity index (χ1) is 8.62. The number of nitrogens with zero attached hydrogens (tertiary/aromatic N) is 1. The van der Waals surface area contributed by atoms with Crippen molar-refractivity contribution in [2.24, 2.45) is 0 Å². The minimum atomic E-state index is -3.82. The lowest BCUT2D eigenvalue weighted by Gasteiger charge is -2.06. The highest BCUT2D eigenvalue weighted by molar-refractivity contribution is 7.87. The molecule has 0 bridgehead atoms. The number of nitriles is 1. The molecule has 0 radical (unpaired) electrons. The molecule has 0 saturated carbocycles. The Bertz CT molecular complexity index is 670. The van der Waals surface area contributed by atoms with Crippen LogP contribution in [-0.4, -0.2) is 8.42 Å². The first-order valence-electron chi connectivity index (χ1n) is 5.11. The van der Waals surface area contributed by atoms with Crippen molar-refractivity contribution < 1.29 is 12.6 Å². The van der Waals surface area contributed by atoms with E-state index in [4.69, 9.17) is 9.44 Å². The van der Waals surface area contributed by atoms with Gasteiger partial charge in [-0.2, -0.15) is 13.7 Å². The van der Waals surface area contributed by atoms with Crippen LogP contribution < -0.4 is 4.18 Å². The maximum atomic E-state index is 11.9. The number of hydrogen-bond acceptors (Lipinski definition) is 4. The number of rotatable bonds is 3. The average molecular weight is 259 g/mol. The van der Waals surface area contributed by atoms with Crippen LogP contribution in [0.3, 0.4) is 0 Å². The molecule has 0 atom stereocenters. The number of benzene rings is 2. The standard InChI is InChI=1S/C13H9NO3S/c14-10-11-6-8-12(9-7-11)17-18(15,16)13-4-2-1-3-5-13/h1-9H. The topological polar surface area (TPSA) is 67.2 Å². The van der Waals surface area contributed by atoms with Gasteiger partial charge in [0.2, 0.25) is 0 Å². The predicted molar refractivity (Wildman–Crippen MR) is 65.4 cm³/mol. The molecule has 4 nitrogen and oxygen atoms in total. The molecule has 0 amide bonds. The van der Waals surface area contributed by atoms with Crippen molar-refractivity contribution in [2.45, 2.75) is 4.90 Å². The summed E-state index contributed by atoms with van der Waals surface area (Å²) in [7, 11) is -3.82. The van der Waals surface area contributed by atoms with E-state index >= 15 is 0 Å². The van der Waals surface area contributed by atoms with Gasteiger partial charge in [0.25, 0.3) is 0 Å². The minimum absolute atomic E-state index is 0.0920. The van der Waals surface area contributed by atoms with Crippen molar-refractivity contribution >= 4 is 10.1 Å². The molecule has 0 N–H and O–H groups in total. The molecule has 0 aromatic heterocycles. The van der Waals surface area contributed by atoms with Crippen molar-refractivity contribution in [2.75, 3.05) is 0 Å². The summed E-state index contributed by atoms with van der Waals surface area (Å²) in [5.74, 6) is 0.179. The molecule has 0 saturated heterocycles. The maximum absolute atomic E-state index is 11.9. The normalized spacial score (nSPS) is 10.6. The summed E-state index contributed by atoms with van der Waals surface area (Å²) in [4.78, 5) is 0.0920. The second kappa shape index (κ2) is 4.90. The molecule has 2 aromatic rings. The molecular weight excluding hydrogens is 250 g/mol. The smallest absolute Gasteiger partial charge is 0.339 e. The molecule has 18 heavy (non-hydrogen) atoms. The van der Waals surface area contributed by atoms with Crippen LogP contribution in [0.1, 0.15) is 5.56 Å². The van der Waals surface area contributed by atoms with Crippen LogP contribution in [0, 0.1) is 11.3 Å². The fraction of sp³-hybridized carbons (Fsp3) is 0. The van der Waals surface area contributed by atoms with Gasteiger partial charge in [0, 0.05) is 0 Å². The summed E-state index contributed by atoms with van der Waals surface area (Å²) in [6.45, 7) is 0. The molecule has 0 spiro atoms. The quantitative estimate of drug-likeness (QED) is 0.793. The van der Waals surface area contributed by atoms with E-state index in [1.807, 2.05) is 6.07 Å². The molecule has 0 aliphatic heterocycles. The molecular formula is C13H9NO3S. The van der Waals surface area contributed by atoms with Crippen molar-refractivity contribution in [1.29, 1.82) is 5.26 Å². The van der Waals surface area contributed by atoms with E-state index in [2.05, 4.69) is 0 Å². The summed E-state index contributed by atoms with van der Waals surface area (Å²) in [6, 6.07) is 15.7. The van der Waals surface area contributed by atoms with Crippen LogP contribution in [0.15, 0.2) is 59.5 Å². The summed E-state index contributed by atoms with van der Waals surface area (Å²) < 4.78 is 28.7. The molecule has 0 heterocycles. The van der Waals surface area contributed by atoms with E-state index in [0.29, 0.717) is 5.56 Å². The SMILES string of the molecule is N#Cc1ccc(OS(=O)(=O)c2ccccc2)cc1. The third-order valence-electron chi connectivity index (χ3n) is 2.22. The van der Waals surface area contributed by atoms with E-state index < -0.39 is 10.1 Å². The minimum Gasteiger partial charge on any atom is -0.379 e. The molecule has 0 aliphatic rings. The fourth-order valence-electron chi connectivity index (χ4n) is 1.35. The third-order valence-corrected chi connectivity index (χ3v) is 3.48. The largest absolute Gasteiger partial charge is 0.379 e. The second-order valence-electron chi connectivity index (χ2n) is 3.49. The van der Waals surface area contributed by atoms with Gasteiger partial charge in [0.1, 0.15) is 10.6 Å². The Balaban J connectivity index is 2.26. The van der Waals surface area contributed by atoms with Crippen molar-refractivity contribution in [3.63, 3.8) is 0 Å². The molecule has 0 aliphatic carbocycles. The van der Waals surface area contributed by atoms with E-state index in [-0.39, 0.29) is 10.6 Å². The average Bonchev–Trinajstić information content (AvgIpc) is 2.40. The second-order valence-corrected chi connectivity index (χ2v) is 5.03. The highest BCUT2D eigenvalue weighted by Crippen LogP contribution is 2.18. The predicted octanol–water partition coefficient (Wildman–Crippen LogP) is 2.33. The van der Waals surface area contributed by atoms with Gasteiger partial charge in [-0.1, -0.05) is 18.2 Å². The molecule has 90 valence electrons. The lowest BCUT2D eigenvalue weighted by atomic mass is 10.2. The summed E-state index contributed by atoms with van der Waals surface area (Å²) in [5, 5.41) is 8.63. The molecule has 0 unspecified atom stereocenters. The molecule has 2 rings (SSSR count). The summed E-state index contributed by atoms with van der Waals surface area (Å²) in [6.07, 6.45) is 0. The van der Waals surface area contributed by atoms with Crippen LogP contribution in [0.25, 0.3) is 0 Å². The van der Waals surface area contributed by atoms with Gasteiger partial charge < -0.3 is 4.18 Å². The van der Waals surface area contributed by atoms with Crippen LogP contribution >= 0.6 is 0 Å². The Morgan fingerprint density at radius 3 is 2.11 bits per heavy atom. The molecule has 5 heteroatoms. The fourth-order valence-corrected chi connectivity index (χ4v) is 2.30. The Morgan fingerprint density at radius 2 is 1.56 bits per heavy atom. The zero-order valence-corrected chi connectivity index (χ0v) is 10.1. The van der Waals surface area contributed by atoms with E-state index in [1.165, 1.54) is 36.4 Å². The van der Waals surface area contributed by atoms with Crippen LogP contribution in [0.5, 0.6) is 5.75 Å². The Labute approximate surface area is 105 Å². The highest BCUT2D eigenvalue weighted by Gasteiger charge is 2.15. The zero-order valence-electron chi connectivity index (χ0n) is 9.28. The van der Waals surface area contributed by atoms with Gasteiger partial charge in [-0.25, -0.2) is 0 Å². The summed E-state index contributed by atoms with van der Waals surface area (Å²) >= 11 is 0. The lowest BCUT2D eigenvalue weighted by Crippen LogP contribution is -2.09. The molecule has 2 aromatic carbocycles. The Morgan fingerprint density at radius 1 is 0.944 bits per heavy atom. The van der Waals surface area contributed by atoms with Crippen molar-refractivity contribution in [1.82, 2.24) is 0 Å². The van der Waals surface area contributed by atoms with Gasteiger partial charge in [0.15, 0.2) is 0 Å². The van der Waals surface area contributed by atoms with E-state index in [0.717, 1.165) is 0 Å². The molecule has 0 fully saturated rings. The van der Waals surface area contributed by atoms with Gasteiger partial charge >= 0.3 is 10.1 Å². The Kier molecular flexibility index (Phi) is 3.31. The van der Waals surface area contributed by atoms with Crippen LogP contribution in [0.4, 0.5) is 0 Å². The highest BCUT2D eigenvalue weighted by atomic mass is 32.2. The van der Waals surface area contributed by atoms with Gasteiger partial charge in [-0.15, -0.1) is 0 Å². The third kappa shape index (κ3) is 2.67. The van der Waals surface area contributed by atoms with Crippen molar-refractivity contribution in [3.05, 3.63) is 60.2 Å². The van der Waals surface area contributed by atoms with E-state index in [1.54, 1.807) is 18.2 Å². The first kappa shape index (κ1) is 12.1. The monoisotopic (exact) mass is 259 g/mol. The first-order valence-corrected chi connectivity index (χ1v) is 6.52. The van der Waals surface area contributed by atoms with E-state index in [9.17, 15) is 8.42 Å². The zero-order chi connectivity index (χ0) is 13.0. The van der Waals surface area contributed by atoms with Gasteiger partial charge in [0.05, 0.1) is 11.6 Å². The lowest BCUT2D eigenvalue weighted by molar-refractivity contribution is 0.486.